The maximum Gasteiger partial charge on any atom is 0.128 e. The number of hydrogen-bond acceptors (Lipinski definition) is 4. The molecule has 19 heavy (non-hydrogen) atoms. The highest BCUT2D eigenvalue weighted by molar-refractivity contribution is 5.40. The Morgan fingerprint density at radius 1 is 1.42 bits per heavy atom. The minimum atomic E-state index is 0.260. The zero-order valence-corrected chi connectivity index (χ0v) is 12.5. The molecule has 0 saturated heterocycles. The molecule has 1 aromatic rings. The number of rotatable bonds is 8. The van der Waals surface area contributed by atoms with Crippen LogP contribution in [0.2, 0.25) is 0 Å². The van der Waals surface area contributed by atoms with Crippen molar-refractivity contribution < 1.29 is 9.84 Å². The third-order valence-corrected chi connectivity index (χ3v) is 3.59. The van der Waals surface area contributed by atoms with Gasteiger partial charge in [-0.1, -0.05) is 13.3 Å². The summed E-state index contributed by atoms with van der Waals surface area (Å²) in [7, 11) is 1.70. The van der Waals surface area contributed by atoms with Crippen molar-refractivity contribution in [3.8, 4) is 5.75 Å². The maximum atomic E-state index is 8.97. The van der Waals surface area contributed by atoms with Gasteiger partial charge in [-0.05, 0) is 32.7 Å². The third-order valence-electron chi connectivity index (χ3n) is 3.59. The molecule has 1 heterocycles. The highest BCUT2D eigenvalue weighted by atomic mass is 16.5. The van der Waals surface area contributed by atoms with Crippen molar-refractivity contribution in [2.75, 3.05) is 20.3 Å². The molecule has 4 nitrogen and oxygen atoms in total. The average molecular weight is 266 g/mol. The lowest BCUT2D eigenvalue weighted by molar-refractivity contribution is 0.251. The summed E-state index contributed by atoms with van der Waals surface area (Å²) in [6.07, 6.45) is 3.79. The number of aromatic nitrogens is 1. The minimum absolute atomic E-state index is 0.260. The van der Waals surface area contributed by atoms with Crippen LogP contribution in [0.3, 0.4) is 0 Å². The molecule has 1 unspecified atom stereocenters. The predicted molar refractivity (Wildman–Crippen MR) is 77.5 cm³/mol. The van der Waals surface area contributed by atoms with Crippen molar-refractivity contribution in [3.63, 3.8) is 0 Å². The zero-order chi connectivity index (χ0) is 14.3. The Morgan fingerprint density at radius 2 is 2.16 bits per heavy atom. The van der Waals surface area contributed by atoms with Crippen LogP contribution in [-0.4, -0.2) is 30.4 Å². The van der Waals surface area contributed by atoms with Crippen molar-refractivity contribution in [1.82, 2.24) is 10.3 Å². The number of hydrogen-bond donors (Lipinski definition) is 2. The average Bonchev–Trinajstić information content (AvgIpc) is 2.40. The lowest BCUT2D eigenvalue weighted by Gasteiger charge is -2.16. The van der Waals surface area contributed by atoms with Gasteiger partial charge in [-0.3, -0.25) is 4.98 Å². The summed E-state index contributed by atoms with van der Waals surface area (Å²) < 4.78 is 5.40. The molecular weight excluding hydrogens is 240 g/mol. The Balaban J connectivity index is 2.58. The van der Waals surface area contributed by atoms with Gasteiger partial charge in [0, 0.05) is 30.5 Å². The lowest BCUT2D eigenvalue weighted by atomic mass is 10.0. The van der Waals surface area contributed by atoms with Crippen molar-refractivity contribution in [2.24, 2.45) is 5.92 Å². The Labute approximate surface area is 116 Å². The first-order valence-corrected chi connectivity index (χ1v) is 6.94. The van der Waals surface area contributed by atoms with Gasteiger partial charge in [0.05, 0.1) is 12.8 Å². The molecule has 1 aromatic heterocycles. The first-order valence-electron chi connectivity index (χ1n) is 6.94. The molecule has 0 fully saturated rings. The van der Waals surface area contributed by atoms with Gasteiger partial charge in [0.15, 0.2) is 0 Å². The van der Waals surface area contributed by atoms with Crippen LogP contribution in [0.4, 0.5) is 0 Å². The Bertz CT molecular complexity index is 394. The van der Waals surface area contributed by atoms with E-state index in [1.54, 1.807) is 7.11 Å². The fourth-order valence-corrected chi connectivity index (χ4v) is 2.28. The molecule has 2 N–H and O–H groups in total. The summed E-state index contributed by atoms with van der Waals surface area (Å²) in [5, 5.41) is 12.4. The number of aliphatic hydroxyl groups excluding tert-OH is 1. The van der Waals surface area contributed by atoms with Gasteiger partial charge in [-0.15, -0.1) is 0 Å². The van der Waals surface area contributed by atoms with E-state index in [2.05, 4.69) is 17.2 Å². The van der Waals surface area contributed by atoms with Crippen molar-refractivity contribution in [3.05, 3.63) is 23.0 Å². The summed E-state index contributed by atoms with van der Waals surface area (Å²) in [5.41, 5.74) is 3.20. The first-order chi connectivity index (χ1) is 9.13. The summed E-state index contributed by atoms with van der Waals surface area (Å²) in [6.45, 7) is 8.11. The number of methoxy groups -OCH3 is 1. The highest BCUT2D eigenvalue weighted by Crippen LogP contribution is 2.23. The highest BCUT2D eigenvalue weighted by Gasteiger charge is 2.10. The third kappa shape index (κ3) is 4.48. The largest absolute Gasteiger partial charge is 0.496 e. The monoisotopic (exact) mass is 266 g/mol. The number of nitrogens with one attached hydrogen (secondary N) is 1. The number of aryl methyl sites for hydroxylation is 1. The second-order valence-corrected chi connectivity index (χ2v) is 4.96. The van der Waals surface area contributed by atoms with Crippen LogP contribution in [0.25, 0.3) is 0 Å². The molecule has 1 rings (SSSR count). The molecule has 0 aromatic carbocycles. The smallest absolute Gasteiger partial charge is 0.128 e. The Morgan fingerprint density at radius 3 is 2.74 bits per heavy atom. The molecule has 0 aliphatic carbocycles. The van der Waals surface area contributed by atoms with Crippen LogP contribution >= 0.6 is 0 Å². The normalized spacial score (nSPS) is 12.5. The Hall–Kier alpha value is -1.13. The Kier molecular flexibility index (Phi) is 6.81. The van der Waals surface area contributed by atoms with E-state index >= 15 is 0 Å². The quantitative estimate of drug-likeness (QED) is 0.757. The van der Waals surface area contributed by atoms with Crippen LogP contribution in [0.5, 0.6) is 5.75 Å². The van der Waals surface area contributed by atoms with Crippen LogP contribution in [0.1, 0.15) is 36.6 Å². The number of ether oxygens (including phenoxy) is 1. The van der Waals surface area contributed by atoms with Crippen LogP contribution in [0, 0.1) is 19.8 Å². The van der Waals surface area contributed by atoms with E-state index in [-0.39, 0.29) is 6.61 Å². The number of nitrogens with zero attached hydrogens (tertiary/aromatic N) is 1. The second kappa shape index (κ2) is 8.12. The zero-order valence-electron chi connectivity index (χ0n) is 12.5. The molecule has 0 amide bonds. The van der Waals surface area contributed by atoms with Crippen LogP contribution in [0.15, 0.2) is 6.20 Å². The number of aliphatic hydroxyl groups is 1. The molecule has 0 aliphatic heterocycles. The standard InChI is InChI=1S/C15H26N2O2/c1-5-13(6-7-18)9-16-10-14-12(3)15(19-4)11(2)8-17-14/h8,13,16,18H,5-7,9-10H2,1-4H3. The molecular formula is C15H26N2O2. The molecule has 0 bridgehead atoms. The molecule has 0 radical (unpaired) electrons. The van der Waals surface area contributed by atoms with Gasteiger partial charge in [-0.25, -0.2) is 0 Å². The van der Waals surface area contributed by atoms with E-state index in [4.69, 9.17) is 9.84 Å². The molecule has 4 heteroatoms. The van der Waals surface area contributed by atoms with E-state index < -0.39 is 0 Å². The van der Waals surface area contributed by atoms with Gasteiger partial charge >= 0.3 is 0 Å². The van der Waals surface area contributed by atoms with E-state index in [1.165, 1.54) is 0 Å². The summed E-state index contributed by atoms with van der Waals surface area (Å²) in [6, 6.07) is 0. The van der Waals surface area contributed by atoms with E-state index in [1.807, 2.05) is 20.0 Å². The molecule has 0 spiro atoms. The van der Waals surface area contributed by atoms with Crippen LogP contribution < -0.4 is 10.1 Å². The number of pyridine rings is 1. The fraction of sp³-hybridized carbons (Fsp3) is 0.667. The van der Waals surface area contributed by atoms with Gasteiger partial charge in [-0.2, -0.15) is 0 Å². The molecule has 108 valence electrons. The minimum Gasteiger partial charge on any atom is -0.496 e. The fourth-order valence-electron chi connectivity index (χ4n) is 2.28. The summed E-state index contributed by atoms with van der Waals surface area (Å²) in [5.74, 6) is 1.45. The summed E-state index contributed by atoms with van der Waals surface area (Å²) in [4.78, 5) is 4.46. The van der Waals surface area contributed by atoms with Gasteiger partial charge < -0.3 is 15.2 Å². The van der Waals surface area contributed by atoms with E-state index in [9.17, 15) is 0 Å². The maximum absolute atomic E-state index is 8.97. The van der Waals surface area contributed by atoms with Gasteiger partial charge in [0.2, 0.25) is 0 Å². The first kappa shape index (κ1) is 15.9. The van der Waals surface area contributed by atoms with Crippen LogP contribution in [-0.2, 0) is 6.54 Å². The van der Waals surface area contributed by atoms with Crippen molar-refractivity contribution in [2.45, 2.75) is 40.2 Å². The molecule has 0 aliphatic rings. The van der Waals surface area contributed by atoms with Gasteiger partial charge in [0.25, 0.3) is 0 Å². The van der Waals surface area contributed by atoms with Crippen molar-refractivity contribution >= 4 is 0 Å². The topological polar surface area (TPSA) is 54.4 Å². The SMILES string of the molecule is CCC(CCO)CNCc1ncc(C)c(OC)c1C. The van der Waals surface area contributed by atoms with E-state index in [0.29, 0.717) is 5.92 Å². The predicted octanol–water partition coefficient (Wildman–Crippen LogP) is 2.21. The van der Waals surface area contributed by atoms with Crippen molar-refractivity contribution in [1.29, 1.82) is 0 Å². The lowest BCUT2D eigenvalue weighted by Crippen LogP contribution is -2.24. The summed E-state index contributed by atoms with van der Waals surface area (Å²) >= 11 is 0. The molecule has 0 saturated carbocycles. The second-order valence-electron chi connectivity index (χ2n) is 4.96. The van der Waals surface area contributed by atoms with E-state index in [0.717, 1.165) is 48.5 Å². The molecule has 1 atom stereocenters. The van der Waals surface area contributed by atoms with Gasteiger partial charge in [0.1, 0.15) is 5.75 Å².